The number of anilines is 1. The van der Waals surface area contributed by atoms with E-state index in [1.807, 2.05) is 37.3 Å². The van der Waals surface area contributed by atoms with Crippen molar-refractivity contribution >= 4 is 17.5 Å². The summed E-state index contributed by atoms with van der Waals surface area (Å²) in [5, 5.41) is 9.99. The average molecular weight is 528 g/mol. The number of carbonyl (C=O) groups excluding carboxylic acids is 2. The first-order valence-corrected chi connectivity index (χ1v) is 13.0. The number of likely N-dealkylation sites (tertiary alicyclic amines) is 1. The molecule has 2 N–H and O–H groups in total. The fourth-order valence-electron chi connectivity index (χ4n) is 4.70. The highest BCUT2D eigenvalue weighted by Gasteiger charge is 2.27. The number of hydrogen-bond donors (Lipinski definition) is 2. The van der Waals surface area contributed by atoms with Gasteiger partial charge in [-0.25, -0.2) is 4.39 Å². The maximum absolute atomic E-state index is 13.2. The van der Waals surface area contributed by atoms with Crippen LogP contribution in [-0.4, -0.2) is 39.9 Å². The lowest BCUT2D eigenvalue weighted by Crippen LogP contribution is -2.38. The lowest BCUT2D eigenvalue weighted by Gasteiger charge is -2.30. The summed E-state index contributed by atoms with van der Waals surface area (Å²) in [6, 6.07) is 22.6. The van der Waals surface area contributed by atoms with Gasteiger partial charge in [0.15, 0.2) is 0 Å². The average Bonchev–Trinajstić information content (AvgIpc) is 3.43. The molecule has 0 spiro atoms. The molecule has 2 amide bonds. The molecule has 4 aromatic rings. The van der Waals surface area contributed by atoms with Crippen molar-refractivity contribution in [1.82, 2.24) is 20.4 Å². The summed E-state index contributed by atoms with van der Waals surface area (Å²) in [6.07, 6.45) is 1.34. The van der Waals surface area contributed by atoms with Crippen LogP contribution in [0.25, 0.3) is 11.4 Å². The van der Waals surface area contributed by atoms with Crippen LogP contribution >= 0.6 is 0 Å². The minimum atomic E-state index is -0.321. The largest absolute Gasteiger partial charge is 0.345 e. The fourth-order valence-corrected chi connectivity index (χ4v) is 4.70. The second kappa shape index (κ2) is 12.0. The molecule has 3 aromatic carbocycles. The third-order valence-corrected chi connectivity index (χ3v) is 6.96. The molecule has 1 saturated heterocycles. The Morgan fingerprint density at radius 2 is 1.69 bits per heavy atom. The van der Waals surface area contributed by atoms with Crippen LogP contribution < -0.4 is 10.6 Å². The molecule has 39 heavy (non-hydrogen) atoms. The van der Waals surface area contributed by atoms with Gasteiger partial charge in [0.25, 0.3) is 5.91 Å². The molecule has 8 nitrogen and oxygen atoms in total. The van der Waals surface area contributed by atoms with Crippen LogP contribution in [-0.2, 0) is 11.3 Å². The van der Waals surface area contributed by atoms with Crippen LogP contribution in [0.15, 0.2) is 83.4 Å². The lowest BCUT2D eigenvalue weighted by molar-refractivity contribution is -0.121. The first-order valence-electron chi connectivity index (χ1n) is 13.0. The number of aromatic nitrogens is 2. The first-order chi connectivity index (χ1) is 19.0. The van der Waals surface area contributed by atoms with Crippen molar-refractivity contribution in [2.45, 2.75) is 32.4 Å². The van der Waals surface area contributed by atoms with Crippen molar-refractivity contribution in [3.05, 3.63) is 102 Å². The summed E-state index contributed by atoms with van der Waals surface area (Å²) in [5.74, 6) is 0.0675. The molecule has 0 bridgehead atoms. The summed E-state index contributed by atoms with van der Waals surface area (Å²) in [4.78, 5) is 32.7. The molecule has 200 valence electrons. The molecule has 1 aliphatic rings. The van der Waals surface area contributed by atoms with Crippen LogP contribution in [0, 0.1) is 11.7 Å². The second-order valence-corrected chi connectivity index (χ2v) is 9.71. The number of nitrogens with zero attached hydrogens (tertiary/aromatic N) is 3. The molecule has 0 aliphatic carbocycles. The molecular weight excluding hydrogens is 497 g/mol. The van der Waals surface area contributed by atoms with E-state index in [1.165, 1.54) is 12.1 Å². The van der Waals surface area contributed by atoms with Crippen molar-refractivity contribution in [3.8, 4) is 11.4 Å². The summed E-state index contributed by atoms with van der Waals surface area (Å²) < 4.78 is 18.6. The fraction of sp³-hybridized carbons (Fsp3) is 0.267. The Morgan fingerprint density at radius 3 is 2.44 bits per heavy atom. The van der Waals surface area contributed by atoms with Gasteiger partial charge in [0.05, 0.1) is 23.8 Å². The van der Waals surface area contributed by atoms with E-state index in [1.54, 1.807) is 36.4 Å². The number of carbonyl (C=O) groups is 2. The van der Waals surface area contributed by atoms with Gasteiger partial charge in [0.1, 0.15) is 5.82 Å². The Morgan fingerprint density at radius 1 is 1.00 bits per heavy atom. The van der Waals surface area contributed by atoms with Crippen LogP contribution in [0.2, 0.25) is 0 Å². The Labute approximate surface area is 226 Å². The van der Waals surface area contributed by atoms with Crippen LogP contribution in [0.5, 0.6) is 0 Å². The van der Waals surface area contributed by atoms with Gasteiger partial charge >= 0.3 is 0 Å². The SMILES string of the molecule is CC(NC(=O)c1ccccc1NC(=O)C1CCN(Cc2nc(-c3ccc(F)cc3)no2)CC1)c1ccccc1. The van der Waals surface area contributed by atoms with E-state index in [2.05, 4.69) is 25.7 Å². The molecule has 0 saturated carbocycles. The molecule has 2 heterocycles. The van der Waals surface area contributed by atoms with E-state index in [0.29, 0.717) is 61.0 Å². The Bertz CT molecular complexity index is 1420. The predicted molar refractivity (Wildman–Crippen MR) is 145 cm³/mol. The summed E-state index contributed by atoms with van der Waals surface area (Å²) >= 11 is 0. The first kappa shape index (κ1) is 26.2. The molecule has 9 heteroatoms. The van der Waals surface area contributed by atoms with Gasteiger partial charge < -0.3 is 15.2 Å². The Hall–Kier alpha value is -4.37. The Balaban J connectivity index is 1.14. The van der Waals surface area contributed by atoms with Crippen molar-refractivity contribution in [1.29, 1.82) is 0 Å². The standard InChI is InChI=1S/C30H30FN5O3/c1-20(21-7-3-2-4-8-21)32-30(38)25-9-5-6-10-26(25)33-29(37)23-15-17-36(18-16-23)19-27-34-28(35-39-27)22-11-13-24(31)14-12-22/h2-14,20,23H,15-19H2,1H3,(H,32,38)(H,33,37). The van der Waals surface area contributed by atoms with E-state index < -0.39 is 0 Å². The molecule has 1 unspecified atom stereocenters. The third kappa shape index (κ3) is 6.56. The van der Waals surface area contributed by atoms with E-state index >= 15 is 0 Å². The van der Waals surface area contributed by atoms with E-state index in [-0.39, 0.29) is 29.6 Å². The minimum absolute atomic E-state index is 0.0950. The van der Waals surface area contributed by atoms with E-state index in [9.17, 15) is 14.0 Å². The molecule has 5 rings (SSSR count). The van der Waals surface area contributed by atoms with E-state index in [0.717, 1.165) is 5.56 Å². The maximum atomic E-state index is 13.2. The number of halogens is 1. The monoisotopic (exact) mass is 527 g/mol. The molecule has 1 aliphatic heterocycles. The molecule has 1 aromatic heterocycles. The van der Waals surface area contributed by atoms with Gasteiger partial charge in [-0.15, -0.1) is 0 Å². The van der Waals surface area contributed by atoms with Gasteiger partial charge in [0.2, 0.25) is 17.6 Å². The van der Waals surface area contributed by atoms with Gasteiger partial charge in [-0.3, -0.25) is 14.5 Å². The number of nitrogens with one attached hydrogen (secondary N) is 2. The molecular formula is C30H30FN5O3. The van der Waals surface area contributed by atoms with Crippen LogP contribution in [0.1, 0.15) is 47.6 Å². The van der Waals surface area contributed by atoms with Crippen molar-refractivity contribution in [3.63, 3.8) is 0 Å². The maximum Gasteiger partial charge on any atom is 0.253 e. The summed E-state index contributed by atoms with van der Waals surface area (Å²) in [6.45, 7) is 3.80. The number of benzene rings is 3. The highest BCUT2D eigenvalue weighted by Crippen LogP contribution is 2.24. The smallest absolute Gasteiger partial charge is 0.253 e. The number of hydrogen-bond acceptors (Lipinski definition) is 6. The summed E-state index contributed by atoms with van der Waals surface area (Å²) in [7, 11) is 0. The van der Waals surface area contributed by atoms with Gasteiger partial charge in [0, 0.05) is 11.5 Å². The van der Waals surface area contributed by atoms with Crippen LogP contribution in [0.4, 0.5) is 10.1 Å². The molecule has 1 atom stereocenters. The predicted octanol–water partition coefficient (Wildman–Crippen LogP) is 5.22. The molecule has 1 fully saturated rings. The topological polar surface area (TPSA) is 100 Å². The number of piperidine rings is 1. The van der Waals surface area contributed by atoms with Gasteiger partial charge in [-0.05, 0) is 74.8 Å². The normalized spacial score (nSPS) is 15.0. The van der Waals surface area contributed by atoms with Crippen LogP contribution in [0.3, 0.4) is 0 Å². The second-order valence-electron chi connectivity index (χ2n) is 9.71. The highest BCUT2D eigenvalue weighted by molar-refractivity contribution is 6.04. The third-order valence-electron chi connectivity index (χ3n) is 6.96. The van der Waals surface area contributed by atoms with E-state index in [4.69, 9.17) is 4.52 Å². The quantitative estimate of drug-likeness (QED) is 0.326. The Kier molecular flexibility index (Phi) is 8.07. The highest BCUT2D eigenvalue weighted by atomic mass is 19.1. The van der Waals surface area contributed by atoms with Gasteiger partial charge in [-0.1, -0.05) is 47.6 Å². The lowest BCUT2D eigenvalue weighted by atomic mass is 9.95. The van der Waals surface area contributed by atoms with Crippen molar-refractivity contribution in [2.75, 3.05) is 18.4 Å². The summed E-state index contributed by atoms with van der Waals surface area (Å²) in [5.41, 5.74) is 2.62. The number of amides is 2. The zero-order chi connectivity index (χ0) is 27.2. The van der Waals surface area contributed by atoms with Crippen molar-refractivity contribution < 1.29 is 18.5 Å². The zero-order valence-electron chi connectivity index (χ0n) is 21.6. The number of rotatable bonds is 8. The number of para-hydroxylation sites is 1. The molecule has 0 radical (unpaired) electrons. The zero-order valence-corrected chi connectivity index (χ0v) is 21.6. The van der Waals surface area contributed by atoms with Crippen molar-refractivity contribution in [2.24, 2.45) is 5.92 Å². The van der Waals surface area contributed by atoms with Gasteiger partial charge in [-0.2, -0.15) is 4.98 Å². The minimum Gasteiger partial charge on any atom is -0.345 e.